The van der Waals surface area contributed by atoms with E-state index in [2.05, 4.69) is 19.2 Å². The molecule has 118 valence electrons. The first-order chi connectivity index (χ1) is 10.1. The molecular weight excluding hydrogens is 262 g/mol. The summed E-state index contributed by atoms with van der Waals surface area (Å²) in [4.78, 5) is 12.5. The van der Waals surface area contributed by atoms with Gasteiger partial charge in [0.25, 0.3) is 0 Å². The quantitative estimate of drug-likeness (QED) is 0.713. The predicted molar refractivity (Wildman–Crippen MR) is 88.4 cm³/mol. The molecular formula is C18H29NO2. The highest BCUT2D eigenvalue weighted by Crippen LogP contribution is 2.20. The van der Waals surface area contributed by atoms with Gasteiger partial charge < -0.3 is 10.4 Å². The Balaban J connectivity index is 2.69. The van der Waals surface area contributed by atoms with Crippen molar-refractivity contribution >= 4 is 11.6 Å². The van der Waals surface area contributed by atoms with E-state index < -0.39 is 6.10 Å². The molecule has 0 aliphatic heterocycles. The van der Waals surface area contributed by atoms with E-state index in [1.54, 1.807) is 0 Å². The van der Waals surface area contributed by atoms with Crippen LogP contribution >= 0.6 is 0 Å². The first kappa shape index (κ1) is 17.7. The van der Waals surface area contributed by atoms with Gasteiger partial charge in [-0.05, 0) is 37.5 Å². The Hall–Kier alpha value is -1.35. The number of carbonyl (C=O) groups excluding carboxylic acids is 1. The minimum absolute atomic E-state index is 0.0577. The first-order valence-electron chi connectivity index (χ1n) is 8.14. The van der Waals surface area contributed by atoms with Gasteiger partial charge in [0.1, 0.15) is 0 Å². The fourth-order valence-corrected chi connectivity index (χ4v) is 2.49. The van der Waals surface area contributed by atoms with Crippen molar-refractivity contribution in [1.29, 1.82) is 0 Å². The van der Waals surface area contributed by atoms with Crippen molar-refractivity contribution in [2.75, 3.05) is 5.32 Å². The fraction of sp³-hybridized carbons (Fsp3) is 0.611. The lowest BCUT2D eigenvalue weighted by Gasteiger charge is -2.22. The van der Waals surface area contributed by atoms with Crippen LogP contribution in [0.3, 0.4) is 0 Å². The molecule has 0 heterocycles. The van der Waals surface area contributed by atoms with Gasteiger partial charge in [-0.1, -0.05) is 51.7 Å². The maximum absolute atomic E-state index is 12.5. The Kier molecular flexibility index (Phi) is 8.06. The van der Waals surface area contributed by atoms with Gasteiger partial charge >= 0.3 is 0 Å². The minimum Gasteiger partial charge on any atom is -0.392 e. The van der Waals surface area contributed by atoms with Gasteiger partial charge in [0.05, 0.1) is 12.0 Å². The average Bonchev–Trinajstić information content (AvgIpc) is 2.45. The first-order valence-corrected chi connectivity index (χ1v) is 8.14. The standard InChI is InChI=1S/C18H29NO2/c1-4-6-11-16(17(20)12-7-5-2)18(21)19-15-10-8-9-14(3)13-15/h8-10,13,16-17,20H,4-7,11-12H2,1-3H3,(H,19,21)/t16-,17-/m0/s1. The largest absolute Gasteiger partial charge is 0.392 e. The van der Waals surface area contributed by atoms with E-state index in [-0.39, 0.29) is 11.8 Å². The molecule has 2 N–H and O–H groups in total. The molecule has 0 aromatic heterocycles. The summed E-state index contributed by atoms with van der Waals surface area (Å²) in [5.74, 6) is -0.366. The molecule has 1 rings (SSSR count). The van der Waals surface area contributed by atoms with Gasteiger partial charge in [-0.15, -0.1) is 0 Å². The van der Waals surface area contributed by atoms with E-state index in [0.29, 0.717) is 6.42 Å². The number of anilines is 1. The minimum atomic E-state index is -0.540. The lowest BCUT2D eigenvalue weighted by Crippen LogP contribution is -2.33. The number of hydrogen-bond donors (Lipinski definition) is 2. The third-order valence-electron chi connectivity index (χ3n) is 3.81. The van der Waals surface area contributed by atoms with E-state index >= 15 is 0 Å². The summed E-state index contributed by atoms with van der Waals surface area (Å²) in [6.45, 7) is 6.20. The van der Waals surface area contributed by atoms with Crippen LogP contribution in [0.25, 0.3) is 0 Å². The fourth-order valence-electron chi connectivity index (χ4n) is 2.49. The zero-order valence-electron chi connectivity index (χ0n) is 13.6. The van der Waals surface area contributed by atoms with Crippen molar-refractivity contribution < 1.29 is 9.90 Å². The molecule has 0 saturated heterocycles. The van der Waals surface area contributed by atoms with Crippen molar-refractivity contribution in [1.82, 2.24) is 0 Å². The zero-order valence-corrected chi connectivity index (χ0v) is 13.6. The van der Waals surface area contributed by atoms with Gasteiger partial charge in [-0.25, -0.2) is 0 Å². The number of amides is 1. The van der Waals surface area contributed by atoms with Gasteiger partial charge in [-0.2, -0.15) is 0 Å². The summed E-state index contributed by atoms with van der Waals surface area (Å²) in [6.07, 6.45) is 4.91. The number of unbranched alkanes of at least 4 members (excludes halogenated alkanes) is 2. The topological polar surface area (TPSA) is 49.3 Å². The Bertz CT molecular complexity index is 431. The molecule has 1 aromatic rings. The van der Waals surface area contributed by atoms with Gasteiger partial charge in [0.2, 0.25) is 5.91 Å². The Morgan fingerprint density at radius 1 is 1.19 bits per heavy atom. The third-order valence-corrected chi connectivity index (χ3v) is 3.81. The summed E-state index contributed by atoms with van der Waals surface area (Å²) in [6, 6.07) is 7.77. The van der Waals surface area contributed by atoms with Crippen LogP contribution in [-0.4, -0.2) is 17.1 Å². The molecule has 1 amide bonds. The number of rotatable bonds is 9. The van der Waals surface area contributed by atoms with Crippen LogP contribution in [0, 0.1) is 12.8 Å². The third kappa shape index (κ3) is 6.30. The van der Waals surface area contributed by atoms with E-state index in [4.69, 9.17) is 0 Å². The van der Waals surface area contributed by atoms with Crippen LogP contribution in [0.2, 0.25) is 0 Å². The summed E-state index contributed by atoms with van der Waals surface area (Å²) in [5, 5.41) is 13.3. The van der Waals surface area contributed by atoms with Crippen LogP contribution in [0.1, 0.15) is 57.9 Å². The number of aliphatic hydroxyl groups excluding tert-OH is 1. The van der Waals surface area contributed by atoms with Gasteiger partial charge in [0, 0.05) is 5.69 Å². The van der Waals surface area contributed by atoms with Crippen LogP contribution in [0.15, 0.2) is 24.3 Å². The van der Waals surface area contributed by atoms with Crippen LogP contribution in [0.5, 0.6) is 0 Å². The highest BCUT2D eigenvalue weighted by molar-refractivity contribution is 5.93. The molecule has 0 spiro atoms. The molecule has 0 unspecified atom stereocenters. The molecule has 2 atom stereocenters. The molecule has 0 aliphatic carbocycles. The van der Waals surface area contributed by atoms with Crippen molar-refractivity contribution in [3.05, 3.63) is 29.8 Å². The van der Waals surface area contributed by atoms with Gasteiger partial charge in [0.15, 0.2) is 0 Å². The number of carbonyl (C=O) groups is 1. The van der Waals surface area contributed by atoms with Crippen LogP contribution < -0.4 is 5.32 Å². The number of nitrogens with one attached hydrogen (secondary N) is 1. The van der Waals surface area contributed by atoms with Crippen molar-refractivity contribution in [3.8, 4) is 0 Å². The Labute approximate surface area is 128 Å². The molecule has 21 heavy (non-hydrogen) atoms. The summed E-state index contributed by atoms with van der Waals surface area (Å²) >= 11 is 0. The molecule has 0 fully saturated rings. The van der Waals surface area contributed by atoms with Crippen LogP contribution in [-0.2, 0) is 4.79 Å². The Morgan fingerprint density at radius 3 is 2.48 bits per heavy atom. The number of aliphatic hydroxyl groups is 1. The second-order valence-electron chi connectivity index (χ2n) is 5.82. The monoisotopic (exact) mass is 291 g/mol. The highest BCUT2D eigenvalue weighted by atomic mass is 16.3. The zero-order chi connectivity index (χ0) is 15.7. The number of aryl methyl sites for hydroxylation is 1. The maximum Gasteiger partial charge on any atom is 0.230 e. The van der Waals surface area contributed by atoms with E-state index in [9.17, 15) is 9.90 Å². The highest BCUT2D eigenvalue weighted by Gasteiger charge is 2.25. The lowest BCUT2D eigenvalue weighted by molar-refractivity contribution is -0.123. The summed E-state index contributed by atoms with van der Waals surface area (Å²) in [5.41, 5.74) is 1.92. The average molecular weight is 291 g/mol. The Morgan fingerprint density at radius 2 is 1.86 bits per heavy atom. The number of hydrogen-bond acceptors (Lipinski definition) is 2. The smallest absolute Gasteiger partial charge is 0.230 e. The van der Waals surface area contributed by atoms with E-state index in [0.717, 1.165) is 43.4 Å². The second kappa shape index (κ2) is 9.56. The molecule has 0 aliphatic rings. The van der Waals surface area contributed by atoms with Crippen molar-refractivity contribution in [2.45, 2.75) is 65.4 Å². The van der Waals surface area contributed by atoms with E-state index in [1.807, 2.05) is 31.2 Å². The summed E-state index contributed by atoms with van der Waals surface area (Å²) < 4.78 is 0. The normalized spacial score (nSPS) is 13.7. The van der Waals surface area contributed by atoms with E-state index in [1.165, 1.54) is 0 Å². The van der Waals surface area contributed by atoms with Crippen molar-refractivity contribution in [3.63, 3.8) is 0 Å². The molecule has 0 radical (unpaired) electrons. The predicted octanol–water partition coefficient (Wildman–Crippen LogP) is 4.29. The second-order valence-corrected chi connectivity index (χ2v) is 5.82. The SMILES string of the molecule is CCCC[C@H](C(=O)Nc1cccc(C)c1)[C@@H](O)CCCC. The number of benzene rings is 1. The molecule has 0 saturated carbocycles. The maximum atomic E-state index is 12.5. The molecule has 3 heteroatoms. The molecule has 1 aromatic carbocycles. The van der Waals surface area contributed by atoms with Crippen LogP contribution in [0.4, 0.5) is 5.69 Å². The summed E-state index contributed by atoms with van der Waals surface area (Å²) in [7, 11) is 0. The molecule has 0 bridgehead atoms. The molecule has 3 nitrogen and oxygen atoms in total. The van der Waals surface area contributed by atoms with Gasteiger partial charge in [-0.3, -0.25) is 4.79 Å². The van der Waals surface area contributed by atoms with Crippen molar-refractivity contribution in [2.24, 2.45) is 5.92 Å². The lowest BCUT2D eigenvalue weighted by atomic mass is 9.91.